The molecule has 1 aromatic rings. The van der Waals surface area contributed by atoms with Gasteiger partial charge < -0.3 is 4.74 Å². The summed E-state index contributed by atoms with van der Waals surface area (Å²) in [7, 11) is 0. The van der Waals surface area contributed by atoms with Gasteiger partial charge in [0, 0.05) is 0 Å². The molecule has 0 amide bonds. The lowest BCUT2D eigenvalue weighted by molar-refractivity contribution is 0.302. The highest BCUT2D eigenvalue weighted by Crippen LogP contribution is 2.19. The number of hydrogen-bond donors (Lipinski definition) is 0. The predicted octanol–water partition coefficient (Wildman–Crippen LogP) is 4.60. The van der Waals surface area contributed by atoms with Crippen molar-refractivity contribution >= 4 is 0 Å². The van der Waals surface area contributed by atoms with E-state index in [4.69, 9.17) is 4.74 Å². The summed E-state index contributed by atoms with van der Waals surface area (Å²) < 4.78 is 5.84. The molecule has 1 rings (SSSR count). The molecule has 0 unspecified atom stereocenters. The van der Waals surface area contributed by atoms with Gasteiger partial charge in [0.05, 0.1) is 6.61 Å². The van der Waals surface area contributed by atoms with E-state index in [0.29, 0.717) is 0 Å². The highest BCUT2D eigenvalue weighted by atomic mass is 16.5. The maximum atomic E-state index is 5.84. The molecule has 0 atom stereocenters. The Morgan fingerprint density at radius 3 is 2.50 bits per heavy atom. The SMILES string of the molecule is CCCCCCOc1ccccc1CCC. The topological polar surface area (TPSA) is 9.23 Å². The minimum atomic E-state index is 0.862. The van der Waals surface area contributed by atoms with Gasteiger partial charge in [-0.15, -0.1) is 0 Å². The van der Waals surface area contributed by atoms with Gasteiger partial charge >= 0.3 is 0 Å². The van der Waals surface area contributed by atoms with E-state index in [1.807, 2.05) is 0 Å². The van der Waals surface area contributed by atoms with E-state index in [2.05, 4.69) is 38.1 Å². The fourth-order valence-corrected chi connectivity index (χ4v) is 1.83. The molecule has 0 heterocycles. The molecule has 1 aromatic carbocycles. The minimum absolute atomic E-state index is 0.862. The van der Waals surface area contributed by atoms with E-state index in [1.165, 1.54) is 37.7 Å². The van der Waals surface area contributed by atoms with Gasteiger partial charge in [0.1, 0.15) is 5.75 Å². The van der Waals surface area contributed by atoms with Crippen LogP contribution in [0, 0.1) is 0 Å². The Hall–Kier alpha value is -0.980. The van der Waals surface area contributed by atoms with E-state index in [9.17, 15) is 0 Å². The van der Waals surface area contributed by atoms with Crippen LogP contribution in [0.4, 0.5) is 0 Å². The lowest BCUT2D eigenvalue weighted by Gasteiger charge is -2.10. The van der Waals surface area contributed by atoms with E-state index in [-0.39, 0.29) is 0 Å². The molecule has 16 heavy (non-hydrogen) atoms. The van der Waals surface area contributed by atoms with E-state index < -0.39 is 0 Å². The Kier molecular flexibility index (Phi) is 6.71. The molecule has 0 aliphatic carbocycles. The van der Waals surface area contributed by atoms with Crippen LogP contribution in [0.2, 0.25) is 0 Å². The van der Waals surface area contributed by atoms with Crippen molar-refractivity contribution < 1.29 is 4.74 Å². The van der Waals surface area contributed by atoms with Crippen LogP contribution in [0.5, 0.6) is 5.75 Å². The molecule has 0 bridgehead atoms. The summed E-state index contributed by atoms with van der Waals surface area (Å²) >= 11 is 0. The van der Waals surface area contributed by atoms with Crippen molar-refractivity contribution in [3.05, 3.63) is 29.8 Å². The van der Waals surface area contributed by atoms with Crippen molar-refractivity contribution in [2.75, 3.05) is 6.61 Å². The lowest BCUT2D eigenvalue weighted by Crippen LogP contribution is -2.00. The molecule has 0 aliphatic heterocycles. The number of benzene rings is 1. The van der Waals surface area contributed by atoms with Gasteiger partial charge in [-0.05, 0) is 24.5 Å². The molecular weight excluding hydrogens is 196 g/mol. The summed E-state index contributed by atoms with van der Waals surface area (Å²) in [6.45, 7) is 5.30. The number of ether oxygens (including phenoxy) is 1. The predicted molar refractivity (Wildman–Crippen MR) is 70.1 cm³/mol. The first kappa shape index (κ1) is 13.1. The highest BCUT2D eigenvalue weighted by molar-refractivity contribution is 5.33. The van der Waals surface area contributed by atoms with Gasteiger partial charge in [0.2, 0.25) is 0 Å². The molecule has 0 aliphatic rings. The Morgan fingerprint density at radius 2 is 1.75 bits per heavy atom. The quantitative estimate of drug-likeness (QED) is 0.582. The van der Waals surface area contributed by atoms with E-state index in [0.717, 1.165) is 18.8 Å². The summed E-state index contributed by atoms with van der Waals surface area (Å²) in [5, 5.41) is 0. The molecule has 0 fully saturated rings. The number of hydrogen-bond acceptors (Lipinski definition) is 1. The van der Waals surface area contributed by atoms with Gasteiger partial charge in [0.15, 0.2) is 0 Å². The normalized spacial score (nSPS) is 10.4. The van der Waals surface area contributed by atoms with Gasteiger partial charge in [-0.25, -0.2) is 0 Å². The Balaban J connectivity index is 2.34. The number of para-hydroxylation sites is 1. The maximum absolute atomic E-state index is 5.84. The van der Waals surface area contributed by atoms with E-state index >= 15 is 0 Å². The monoisotopic (exact) mass is 220 g/mol. The van der Waals surface area contributed by atoms with Gasteiger partial charge in [0.25, 0.3) is 0 Å². The van der Waals surface area contributed by atoms with Crippen molar-refractivity contribution in [3.63, 3.8) is 0 Å². The Bertz CT molecular complexity index is 281. The minimum Gasteiger partial charge on any atom is -0.493 e. The first-order valence-electron chi connectivity index (χ1n) is 6.59. The number of aryl methyl sites for hydroxylation is 1. The molecule has 0 radical (unpaired) electrons. The van der Waals surface area contributed by atoms with Crippen LogP contribution in [-0.2, 0) is 6.42 Å². The highest BCUT2D eigenvalue weighted by Gasteiger charge is 2.01. The number of rotatable bonds is 8. The summed E-state index contributed by atoms with van der Waals surface area (Å²) in [5.74, 6) is 1.08. The maximum Gasteiger partial charge on any atom is 0.122 e. The van der Waals surface area contributed by atoms with Crippen LogP contribution < -0.4 is 4.74 Å². The van der Waals surface area contributed by atoms with Gasteiger partial charge in [-0.2, -0.15) is 0 Å². The molecule has 90 valence electrons. The van der Waals surface area contributed by atoms with Gasteiger partial charge in [-0.1, -0.05) is 57.7 Å². The Morgan fingerprint density at radius 1 is 0.938 bits per heavy atom. The molecule has 0 spiro atoms. The molecule has 1 heteroatoms. The lowest BCUT2D eigenvalue weighted by atomic mass is 10.1. The Labute approximate surface area is 99.8 Å². The van der Waals surface area contributed by atoms with Crippen LogP contribution in [0.3, 0.4) is 0 Å². The van der Waals surface area contributed by atoms with Crippen molar-refractivity contribution in [1.82, 2.24) is 0 Å². The zero-order chi connectivity index (χ0) is 11.6. The fraction of sp³-hybridized carbons (Fsp3) is 0.600. The molecule has 0 saturated heterocycles. The van der Waals surface area contributed by atoms with Crippen molar-refractivity contribution in [2.45, 2.75) is 52.4 Å². The van der Waals surface area contributed by atoms with Crippen molar-refractivity contribution in [3.8, 4) is 5.75 Å². The third-order valence-corrected chi connectivity index (χ3v) is 2.75. The standard InChI is InChI=1S/C15H24O/c1-3-5-6-9-13-16-15-12-8-7-11-14(15)10-4-2/h7-8,11-12H,3-6,9-10,13H2,1-2H3. The molecule has 0 saturated carbocycles. The second kappa shape index (κ2) is 8.20. The first-order valence-corrected chi connectivity index (χ1v) is 6.59. The summed E-state index contributed by atoms with van der Waals surface area (Å²) in [5.41, 5.74) is 1.35. The second-order valence-corrected chi connectivity index (χ2v) is 4.27. The number of unbranched alkanes of at least 4 members (excludes halogenated alkanes) is 3. The van der Waals surface area contributed by atoms with Crippen molar-refractivity contribution in [2.24, 2.45) is 0 Å². The molecule has 0 N–H and O–H groups in total. The van der Waals surface area contributed by atoms with Crippen molar-refractivity contribution in [1.29, 1.82) is 0 Å². The molecule has 1 nitrogen and oxygen atoms in total. The third kappa shape index (κ3) is 4.69. The summed E-state index contributed by atoms with van der Waals surface area (Å²) in [6, 6.07) is 8.41. The third-order valence-electron chi connectivity index (χ3n) is 2.75. The summed E-state index contributed by atoms with van der Waals surface area (Å²) in [4.78, 5) is 0. The van der Waals surface area contributed by atoms with Crippen LogP contribution >= 0.6 is 0 Å². The molecular formula is C15H24O. The van der Waals surface area contributed by atoms with E-state index in [1.54, 1.807) is 0 Å². The zero-order valence-electron chi connectivity index (χ0n) is 10.7. The van der Waals surface area contributed by atoms with Crippen LogP contribution in [0.25, 0.3) is 0 Å². The molecule has 0 aromatic heterocycles. The fourth-order valence-electron chi connectivity index (χ4n) is 1.83. The van der Waals surface area contributed by atoms with Crippen LogP contribution in [-0.4, -0.2) is 6.61 Å². The first-order chi connectivity index (χ1) is 7.88. The summed E-state index contributed by atoms with van der Waals surface area (Å²) in [6.07, 6.45) is 7.36. The average molecular weight is 220 g/mol. The van der Waals surface area contributed by atoms with Crippen LogP contribution in [0.15, 0.2) is 24.3 Å². The second-order valence-electron chi connectivity index (χ2n) is 4.27. The van der Waals surface area contributed by atoms with Crippen LogP contribution in [0.1, 0.15) is 51.5 Å². The largest absolute Gasteiger partial charge is 0.493 e. The zero-order valence-corrected chi connectivity index (χ0v) is 10.7. The van der Waals surface area contributed by atoms with Gasteiger partial charge in [-0.3, -0.25) is 0 Å². The smallest absolute Gasteiger partial charge is 0.122 e. The average Bonchev–Trinajstić information content (AvgIpc) is 2.31.